The highest BCUT2D eigenvalue weighted by Gasteiger charge is 2.32. The first-order valence-electron chi connectivity index (χ1n) is 23.2. The number of Topliss-reactive ketones (excluding diaryl/α,β-unsaturated/α-hetero) is 2. The maximum Gasteiger partial charge on any atom is 0.407 e. The Balaban J connectivity index is 0.000000263. The third kappa shape index (κ3) is 15.6. The predicted molar refractivity (Wildman–Crippen MR) is 262 cm³/mol. The van der Waals surface area contributed by atoms with Gasteiger partial charge in [0.15, 0.2) is 0 Å². The number of likely N-dealkylation sites (tertiary alicyclic amines) is 2. The van der Waals surface area contributed by atoms with Crippen LogP contribution in [0.15, 0.2) is 97.1 Å². The number of ether oxygens (including phenoxy) is 1. The largest absolute Gasteiger partial charge is 0.444 e. The van der Waals surface area contributed by atoms with E-state index in [1.54, 1.807) is 47.4 Å². The summed E-state index contributed by atoms with van der Waals surface area (Å²) in [7, 11) is 0. The second-order valence-electron chi connectivity index (χ2n) is 19.5. The summed E-state index contributed by atoms with van der Waals surface area (Å²) >= 11 is 0. The van der Waals surface area contributed by atoms with Crippen molar-refractivity contribution in [2.45, 2.75) is 116 Å². The highest BCUT2D eigenvalue weighted by molar-refractivity contribution is 6.43. The van der Waals surface area contributed by atoms with E-state index in [1.807, 2.05) is 49.9 Å². The lowest BCUT2D eigenvalue weighted by Crippen LogP contribution is -2.40. The topological polar surface area (TPSA) is 238 Å². The lowest BCUT2D eigenvalue weighted by Gasteiger charge is -2.32. The minimum atomic E-state index is -1.78. The van der Waals surface area contributed by atoms with Gasteiger partial charge in [-0.15, -0.1) is 0 Å². The van der Waals surface area contributed by atoms with Crippen molar-refractivity contribution in [3.8, 4) is 0 Å². The van der Waals surface area contributed by atoms with Crippen molar-refractivity contribution in [1.82, 2.24) is 15.1 Å². The Labute approximate surface area is 404 Å². The Morgan fingerprint density at radius 1 is 0.580 bits per heavy atom. The van der Waals surface area contributed by atoms with Crippen molar-refractivity contribution in [3.63, 3.8) is 0 Å². The van der Waals surface area contributed by atoms with E-state index in [-0.39, 0.29) is 11.8 Å². The maximum absolute atomic E-state index is 13.1. The minimum absolute atomic E-state index is 0.112. The van der Waals surface area contributed by atoms with E-state index < -0.39 is 46.3 Å². The molecule has 16 heteroatoms. The van der Waals surface area contributed by atoms with Crippen molar-refractivity contribution in [3.05, 3.63) is 130 Å². The Bertz CT molecular complexity index is 2500. The standard InChI is InChI=1S/C29H37N3O6.C24H29N3O4/c1-28(2,3)38-27(36)30-18-19-8-6-9-21(16-19)20-12-14-32(15-13-20)26(35)22-10-7-11-23(17-22)31-25(34)24(33)29(4,5)37;1-24(2,31)21(28)22(29)26-20-8-4-7-19(14-20)23(30)27-11-9-17(10-12-27)18-6-3-5-16(13-18)15-25/h6-11,16-17,20,37H,12-15,18H2,1-5H3,(H,30,36)(H,31,34);3-8,13-14,17,31H,9-12,15,25H2,1-2H3,(H,26,29). The number of carbonyl (C=O) groups excluding carboxylic acids is 7. The first-order valence-corrected chi connectivity index (χ1v) is 23.2. The molecule has 4 aromatic carbocycles. The Morgan fingerprint density at radius 2 is 0.971 bits per heavy atom. The molecule has 7 N–H and O–H groups in total. The normalized spacial score (nSPS) is 14.7. The molecule has 16 nitrogen and oxygen atoms in total. The van der Waals surface area contributed by atoms with E-state index in [0.717, 1.165) is 36.8 Å². The molecule has 6 rings (SSSR count). The monoisotopic (exact) mass is 946 g/mol. The number of aliphatic hydroxyl groups is 2. The average molecular weight is 947 g/mol. The summed E-state index contributed by atoms with van der Waals surface area (Å²) in [4.78, 5) is 89.6. The van der Waals surface area contributed by atoms with Crippen LogP contribution >= 0.6 is 0 Å². The molecule has 0 spiro atoms. The summed E-state index contributed by atoms with van der Waals surface area (Å²) in [5.74, 6) is -3.33. The van der Waals surface area contributed by atoms with Crippen LogP contribution in [0, 0.1) is 0 Å². The zero-order valence-electron chi connectivity index (χ0n) is 40.6. The molecule has 2 saturated heterocycles. The number of hydrogen-bond acceptors (Lipinski definition) is 11. The summed E-state index contributed by atoms with van der Waals surface area (Å²) in [6.45, 7) is 13.8. The fourth-order valence-corrected chi connectivity index (χ4v) is 8.01. The second-order valence-corrected chi connectivity index (χ2v) is 19.5. The van der Waals surface area contributed by atoms with Gasteiger partial charge in [-0.3, -0.25) is 28.8 Å². The van der Waals surface area contributed by atoms with Crippen LogP contribution in [-0.2, 0) is 37.0 Å². The van der Waals surface area contributed by atoms with Crippen LogP contribution in [0.5, 0.6) is 0 Å². The molecule has 4 aromatic rings. The van der Waals surface area contributed by atoms with Crippen LogP contribution in [0.2, 0.25) is 0 Å². The first-order chi connectivity index (χ1) is 32.4. The zero-order valence-corrected chi connectivity index (χ0v) is 40.6. The molecule has 69 heavy (non-hydrogen) atoms. The van der Waals surface area contributed by atoms with Gasteiger partial charge in [-0.25, -0.2) is 4.79 Å². The number of carbonyl (C=O) groups is 7. The number of nitrogens with one attached hydrogen (secondary N) is 3. The molecule has 0 aliphatic carbocycles. The second kappa shape index (κ2) is 23.0. The molecule has 5 amide bonds. The molecule has 2 fully saturated rings. The Morgan fingerprint density at radius 3 is 1.36 bits per heavy atom. The molecule has 0 unspecified atom stereocenters. The number of benzene rings is 4. The van der Waals surface area contributed by atoms with E-state index in [9.17, 15) is 43.8 Å². The summed E-state index contributed by atoms with van der Waals surface area (Å²) in [6, 6.07) is 29.3. The van der Waals surface area contributed by atoms with Crippen molar-refractivity contribution in [2.75, 3.05) is 36.8 Å². The van der Waals surface area contributed by atoms with Crippen LogP contribution in [-0.4, -0.2) is 104 Å². The molecule has 368 valence electrons. The molecule has 0 atom stereocenters. The van der Waals surface area contributed by atoms with Gasteiger partial charge in [0.1, 0.15) is 16.8 Å². The molecule has 0 radical (unpaired) electrons. The molecule has 2 aliphatic heterocycles. The lowest BCUT2D eigenvalue weighted by atomic mass is 9.88. The van der Waals surface area contributed by atoms with Gasteiger partial charge in [0.25, 0.3) is 35.2 Å². The highest BCUT2D eigenvalue weighted by Crippen LogP contribution is 2.31. The number of anilines is 2. The quantitative estimate of drug-likeness (QED) is 0.0797. The third-order valence-electron chi connectivity index (χ3n) is 11.7. The van der Waals surface area contributed by atoms with Crippen LogP contribution in [0.4, 0.5) is 16.2 Å². The number of nitrogens with two attached hydrogens (primary N) is 1. The van der Waals surface area contributed by atoms with E-state index >= 15 is 0 Å². The van der Waals surface area contributed by atoms with Crippen LogP contribution in [0.1, 0.15) is 129 Å². The SMILES string of the molecule is CC(C)(C)OC(=O)NCc1cccc(C2CCN(C(=O)c3cccc(NC(=O)C(=O)C(C)(C)O)c3)CC2)c1.CC(C)(O)C(=O)C(=O)Nc1cccc(C(=O)N2CCC(c3cccc(CN)c3)CC2)c1. The Hall–Kier alpha value is -6.75. The lowest BCUT2D eigenvalue weighted by molar-refractivity contribution is -0.144. The van der Waals surface area contributed by atoms with E-state index in [4.69, 9.17) is 10.5 Å². The van der Waals surface area contributed by atoms with Gasteiger partial charge in [0, 0.05) is 61.8 Å². The van der Waals surface area contributed by atoms with Gasteiger partial charge < -0.3 is 46.4 Å². The summed E-state index contributed by atoms with van der Waals surface area (Å²) in [6.07, 6.45) is 2.88. The van der Waals surface area contributed by atoms with Crippen LogP contribution < -0.4 is 21.7 Å². The number of hydrogen-bond donors (Lipinski definition) is 6. The summed E-state index contributed by atoms with van der Waals surface area (Å²) in [5, 5.41) is 27.2. The number of amides is 5. The molecule has 2 aliphatic rings. The van der Waals surface area contributed by atoms with E-state index in [1.165, 1.54) is 44.9 Å². The van der Waals surface area contributed by atoms with Gasteiger partial charge in [-0.05, 0) is 145 Å². The van der Waals surface area contributed by atoms with E-state index in [2.05, 4.69) is 40.2 Å². The van der Waals surface area contributed by atoms with E-state index in [0.29, 0.717) is 73.6 Å². The van der Waals surface area contributed by atoms with Crippen molar-refractivity contribution in [1.29, 1.82) is 0 Å². The number of rotatable bonds is 13. The van der Waals surface area contributed by atoms with Crippen LogP contribution in [0.3, 0.4) is 0 Å². The first kappa shape index (κ1) is 53.2. The van der Waals surface area contributed by atoms with Gasteiger partial charge >= 0.3 is 6.09 Å². The number of alkyl carbamates (subject to hydrolysis) is 1. The molecule has 0 saturated carbocycles. The average Bonchev–Trinajstić information content (AvgIpc) is 3.31. The third-order valence-corrected chi connectivity index (χ3v) is 11.7. The number of piperidine rings is 2. The van der Waals surface area contributed by atoms with Crippen LogP contribution in [0.25, 0.3) is 0 Å². The van der Waals surface area contributed by atoms with Gasteiger partial charge in [0.2, 0.25) is 0 Å². The smallest absolute Gasteiger partial charge is 0.407 e. The zero-order chi connectivity index (χ0) is 50.7. The van der Waals surface area contributed by atoms with Crippen molar-refractivity contribution >= 4 is 52.7 Å². The molecule has 2 heterocycles. The summed E-state index contributed by atoms with van der Waals surface area (Å²) in [5.41, 5.74) is 7.67. The molecule has 0 bridgehead atoms. The summed E-state index contributed by atoms with van der Waals surface area (Å²) < 4.78 is 5.29. The highest BCUT2D eigenvalue weighted by atomic mass is 16.6. The molecular weight excluding hydrogens is 881 g/mol. The van der Waals surface area contributed by atoms with Crippen molar-refractivity contribution in [2.24, 2.45) is 5.73 Å². The maximum atomic E-state index is 13.1. The molecular formula is C53H66N6O10. The Kier molecular flexibility index (Phi) is 17.8. The van der Waals surface area contributed by atoms with Gasteiger partial charge in [0.05, 0.1) is 0 Å². The van der Waals surface area contributed by atoms with Crippen molar-refractivity contribution < 1.29 is 48.5 Å². The number of nitrogens with zero attached hydrogens (tertiary/aromatic N) is 2. The van der Waals surface area contributed by atoms with Gasteiger partial charge in [-0.1, -0.05) is 60.7 Å². The predicted octanol–water partition coefficient (Wildman–Crippen LogP) is 6.45. The fourth-order valence-electron chi connectivity index (χ4n) is 8.01. The number of ketones is 2. The van der Waals surface area contributed by atoms with Gasteiger partial charge in [-0.2, -0.15) is 0 Å². The minimum Gasteiger partial charge on any atom is -0.444 e. The fraction of sp³-hybridized carbons (Fsp3) is 0.415. The molecule has 0 aromatic heterocycles.